The Morgan fingerprint density at radius 1 is 1.17 bits per heavy atom. The highest BCUT2D eigenvalue weighted by molar-refractivity contribution is 6.32. The molecule has 12 heteroatoms. The molecule has 0 spiro atoms. The van der Waals surface area contributed by atoms with Crippen LogP contribution in [-0.4, -0.2) is 101 Å². The lowest BCUT2D eigenvalue weighted by Gasteiger charge is -2.52. The topological polar surface area (TPSA) is 168 Å². The number of primary amides is 1. The van der Waals surface area contributed by atoms with Gasteiger partial charge < -0.3 is 20.7 Å². The highest BCUT2D eigenvalue weighted by Crippen LogP contribution is 2.52. The Morgan fingerprint density at radius 2 is 1.86 bits per heavy atom. The van der Waals surface area contributed by atoms with Crippen LogP contribution >= 0.6 is 0 Å². The smallest absolute Gasteiger partial charge is 0.235 e. The summed E-state index contributed by atoms with van der Waals surface area (Å²) in [6.45, 7) is 1.97. The lowest BCUT2D eigenvalue weighted by molar-refractivity contribution is -0.181. The fourth-order valence-electron chi connectivity index (χ4n) is 7.63. The Balaban J connectivity index is 1.42. The third-order valence-corrected chi connectivity index (χ3v) is 9.70. The summed E-state index contributed by atoms with van der Waals surface area (Å²) in [5.74, 6) is -12.4. The van der Waals surface area contributed by atoms with Crippen molar-refractivity contribution in [2.45, 2.75) is 37.1 Å². The number of fused-ring (bicyclic) bond motifs is 4. The summed E-state index contributed by atoms with van der Waals surface area (Å²) in [6, 6.07) is 3.70. The SMILES string of the molecule is COC1CN(Cc2ccc3c(F)c4c(c(O)c3c2)C(=O)C2C(=O)[C@]3(O)C(=O)C(C(N)=O)C(=O)[C@@H](N(C)C)[C@@H]3C[C@@H]2C4)C1. The summed E-state index contributed by atoms with van der Waals surface area (Å²) in [5, 5.41) is 23.2. The minimum atomic E-state index is -2.83. The molecule has 1 heterocycles. The minimum absolute atomic E-state index is 0.0483. The van der Waals surface area contributed by atoms with Crippen LogP contribution in [0.4, 0.5) is 4.39 Å². The van der Waals surface area contributed by atoms with Crippen molar-refractivity contribution in [2.24, 2.45) is 29.4 Å². The number of methoxy groups -OCH3 is 1. The molecule has 222 valence electrons. The summed E-state index contributed by atoms with van der Waals surface area (Å²) in [7, 11) is 4.65. The lowest BCUT2D eigenvalue weighted by atomic mass is 9.52. The van der Waals surface area contributed by atoms with Gasteiger partial charge in [-0.2, -0.15) is 0 Å². The molecule has 4 N–H and O–H groups in total. The number of carbonyl (C=O) groups excluding carboxylic acids is 5. The Kier molecular flexibility index (Phi) is 6.61. The molecule has 0 bridgehead atoms. The van der Waals surface area contributed by atoms with Crippen molar-refractivity contribution in [1.82, 2.24) is 9.80 Å². The van der Waals surface area contributed by atoms with E-state index in [4.69, 9.17) is 10.5 Å². The average molecular weight is 582 g/mol. The molecule has 2 aromatic rings. The van der Waals surface area contributed by atoms with E-state index in [1.807, 2.05) is 0 Å². The number of Topliss-reactive ketones (excluding diaryl/α,β-unsaturated/α-hetero) is 4. The van der Waals surface area contributed by atoms with Crippen LogP contribution in [0, 0.1) is 29.5 Å². The second-order valence-electron chi connectivity index (χ2n) is 12.2. The number of carbonyl (C=O) groups is 5. The van der Waals surface area contributed by atoms with Crippen LogP contribution in [0.25, 0.3) is 10.8 Å². The first-order valence-corrected chi connectivity index (χ1v) is 13.9. The molecular weight excluding hydrogens is 549 g/mol. The van der Waals surface area contributed by atoms with E-state index in [9.17, 15) is 34.2 Å². The predicted molar refractivity (Wildman–Crippen MR) is 145 cm³/mol. The molecule has 2 aromatic carbocycles. The molecule has 2 saturated carbocycles. The van der Waals surface area contributed by atoms with Gasteiger partial charge in [0.25, 0.3) is 0 Å². The number of likely N-dealkylation sites (tertiary alicyclic amines) is 1. The zero-order chi connectivity index (χ0) is 30.4. The number of benzene rings is 2. The van der Waals surface area contributed by atoms with Gasteiger partial charge in [-0.3, -0.25) is 33.8 Å². The molecule has 1 aliphatic heterocycles. The van der Waals surface area contributed by atoms with E-state index in [2.05, 4.69) is 4.90 Å². The normalized spacial score (nSPS) is 31.6. The van der Waals surface area contributed by atoms with Gasteiger partial charge in [0, 0.05) is 49.0 Å². The van der Waals surface area contributed by atoms with Gasteiger partial charge in [0.2, 0.25) is 5.91 Å². The number of nitrogens with zero attached hydrogens (tertiary/aromatic N) is 2. The van der Waals surface area contributed by atoms with E-state index in [-0.39, 0.29) is 40.8 Å². The lowest BCUT2D eigenvalue weighted by Crippen LogP contribution is -2.74. The van der Waals surface area contributed by atoms with Crippen LogP contribution in [0.1, 0.15) is 27.9 Å². The quantitative estimate of drug-likeness (QED) is 0.409. The molecular formula is C30H32FN3O8. The van der Waals surface area contributed by atoms with E-state index in [0.29, 0.717) is 6.54 Å². The second kappa shape index (κ2) is 9.73. The number of hydrogen-bond donors (Lipinski definition) is 3. The summed E-state index contributed by atoms with van der Waals surface area (Å²) in [4.78, 5) is 70.1. The standard InChI is InChI=1S/C30H32FN3O8/c1-33(2)23-18-8-13-7-17-20(25(36)19(13)27(38)30(18,41)28(39)21(26(23)37)29(32)40)24(35)16-6-12(4-5-15(16)22(17)31)9-34-10-14(11-34)42-3/h4-6,13-14,18-19,21,23,35,41H,7-11H2,1-3H3,(H2,32,40)/t13-,18-,19?,21?,23-,30-/m0/s1. The molecule has 3 aliphatic carbocycles. The third-order valence-electron chi connectivity index (χ3n) is 9.70. The second-order valence-corrected chi connectivity index (χ2v) is 12.2. The summed E-state index contributed by atoms with van der Waals surface area (Å²) in [6.07, 6.45) is -0.133. The zero-order valence-electron chi connectivity index (χ0n) is 23.4. The van der Waals surface area contributed by atoms with Crippen LogP contribution < -0.4 is 5.73 Å². The van der Waals surface area contributed by atoms with Crippen molar-refractivity contribution in [2.75, 3.05) is 34.3 Å². The van der Waals surface area contributed by atoms with E-state index in [0.717, 1.165) is 18.7 Å². The van der Waals surface area contributed by atoms with Gasteiger partial charge in [0.1, 0.15) is 11.6 Å². The first-order valence-electron chi connectivity index (χ1n) is 13.9. The van der Waals surface area contributed by atoms with Crippen molar-refractivity contribution in [3.63, 3.8) is 0 Å². The van der Waals surface area contributed by atoms with Crippen molar-refractivity contribution in [1.29, 1.82) is 0 Å². The van der Waals surface area contributed by atoms with Crippen LogP contribution in [0.3, 0.4) is 0 Å². The number of rotatable bonds is 5. The largest absolute Gasteiger partial charge is 0.507 e. The minimum Gasteiger partial charge on any atom is -0.507 e. The molecule has 42 heavy (non-hydrogen) atoms. The van der Waals surface area contributed by atoms with Gasteiger partial charge >= 0.3 is 0 Å². The molecule has 6 atom stereocenters. The average Bonchev–Trinajstić information content (AvgIpc) is 2.90. The van der Waals surface area contributed by atoms with Crippen LogP contribution in [-0.2, 0) is 36.9 Å². The zero-order valence-corrected chi connectivity index (χ0v) is 23.4. The number of nitrogens with two attached hydrogens (primary N) is 1. The van der Waals surface area contributed by atoms with Crippen molar-refractivity contribution in [3.8, 4) is 5.75 Å². The Morgan fingerprint density at radius 3 is 2.48 bits per heavy atom. The van der Waals surface area contributed by atoms with Gasteiger partial charge in [0.05, 0.1) is 23.6 Å². The maximum Gasteiger partial charge on any atom is 0.235 e. The number of phenolic OH excluding ortho intramolecular Hbond substituents is 1. The number of halogens is 1. The van der Waals surface area contributed by atoms with Gasteiger partial charge in [-0.15, -0.1) is 0 Å². The fraction of sp³-hybridized carbons (Fsp3) is 0.500. The number of likely N-dealkylation sites (N-methyl/N-ethyl adjacent to an activating group) is 1. The number of aliphatic hydroxyl groups is 1. The van der Waals surface area contributed by atoms with E-state index < -0.39 is 75.9 Å². The first-order chi connectivity index (χ1) is 19.8. The maximum atomic E-state index is 16.0. The Bertz CT molecular complexity index is 1580. The highest BCUT2D eigenvalue weighted by Gasteiger charge is 2.69. The maximum absolute atomic E-state index is 16.0. The Hall–Kier alpha value is -3.58. The number of amides is 1. The van der Waals surface area contributed by atoms with Gasteiger partial charge in [-0.05, 0) is 44.5 Å². The first kappa shape index (κ1) is 28.5. The molecule has 4 aliphatic rings. The van der Waals surface area contributed by atoms with Crippen molar-refractivity contribution < 1.29 is 43.3 Å². The molecule has 2 unspecified atom stereocenters. The predicted octanol–water partition coefficient (Wildman–Crippen LogP) is -0.0101. The third kappa shape index (κ3) is 3.82. The summed E-state index contributed by atoms with van der Waals surface area (Å²) < 4.78 is 21.3. The number of ketones is 4. The molecule has 0 aromatic heterocycles. The van der Waals surface area contributed by atoms with E-state index >= 15 is 4.39 Å². The molecule has 6 rings (SSSR count). The van der Waals surface area contributed by atoms with Crippen molar-refractivity contribution >= 4 is 39.8 Å². The molecule has 11 nitrogen and oxygen atoms in total. The number of phenols is 1. The van der Waals surface area contributed by atoms with Crippen LogP contribution in [0.15, 0.2) is 18.2 Å². The molecule has 1 saturated heterocycles. The van der Waals surface area contributed by atoms with Crippen molar-refractivity contribution in [3.05, 3.63) is 40.7 Å². The highest BCUT2D eigenvalue weighted by atomic mass is 19.1. The number of hydrogen-bond acceptors (Lipinski definition) is 10. The monoisotopic (exact) mass is 581 g/mol. The number of aromatic hydroxyl groups is 1. The Labute approximate surface area is 240 Å². The van der Waals surface area contributed by atoms with E-state index in [1.54, 1.807) is 25.3 Å². The molecule has 0 radical (unpaired) electrons. The van der Waals surface area contributed by atoms with Gasteiger partial charge in [-0.1, -0.05) is 12.1 Å². The number of ether oxygens (including phenoxy) is 1. The fourth-order valence-corrected chi connectivity index (χ4v) is 7.63. The summed E-state index contributed by atoms with van der Waals surface area (Å²) in [5.41, 5.74) is 2.90. The summed E-state index contributed by atoms with van der Waals surface area (Å²) >= 11 is 0. The molecule has 3 fully saturated rings. The van der Waals surface area contributed by atoms with Gasteiger partial charge in [0.15, 0.2) is 34.7 Å². The van der Waals surface area contributed by atoms with E-state index in [1.165, 1.54) is 19.0 Å². The van der Waals surface area contributed by atoms with Crippen LogP contribution in [0.2, 0.25) is 0 Å². The van der Waals surface area contributed by atoms with Gasteiger partial charge in [-0.25, -0.2) is 4.39 Å². The van der Waals surface area contributed by atoms with Crippen LogP contribution in [0.5, 0.6) is 5.75 Å². The molecule has 1 amide bonds.